The number of halogens is 7. The molecule has 0 saturated carbocycles. The Balaban J connectivity index is 2.52. The van der Waals surface area contributed by atoms with Crippen LogP contribution in [0.15, 0.2) is 42.5 Å². The third-order valence-electron chi connectivity index (χ3n) is 3.08. The van der Waals surface area contributed by atoms with Crippen LogP contribution in [0.25, 0.3) is 11.1 Å². The van der Waals surface area contributed by atoms with Gasteiger partial charge in [-0.2, -0.15) is 13.2 Å². The molecule has 0 heterocycles. The molecule has 2 rings (SSSR count). The summed E-state index contributed by atoms with van der Waals surface area (Å²) in [6, 6.07) is 10.9. The molecule has 0 aliphatic carbocycles. The second-order valence-electron chi connectivity index (χ2n) is 4.52. The van der Waals surface area contributed by atoms with Gasteiger partial charge in [0.15, 0.2) is 0 Å². The van der Waals surface area contributed by atoms with Gasteiger partial charge in [-0.05, 0) is 40.5 Å². The predicted molar refractivity (Wildman–Crippen MR) is 98.1 cm³/mol. The van der Waals surface area contributed by atoms with Gasteiger partial charge in [0.1, 0.15) is 0 Å². The summed E-state index contributed by atoms with van der Waals surface area (Å²) in [5.41, 5.74) is 2.55. The molecule has 0 spiro atoms. The quantitative estimate of drug-likeness (QED) is 0.331. The second kappa shape index (κ2) is 7.36. The first-order chi connectivity index (χ1) is 10.2. The highest BCUT2D eigenvalue weighted by Gasteiger charge is 2.30. The summed E-state index contributed by atoms with van der Waals surface area (Å²) in [4.78, 5) is 0. The minimum Gasteiger partial charge on any atom is -0.166 e. The number of benzene rings is 2. The van der Waals surface area contributed by atoms with Crippen molar-refractivity contribution in [2.75, 3.05) is 0 Å². The van der Waals surface area contributed by atoms with Gasteiger partial charge in [-0.1, -0.05) is 88.0 Å². The molecule has 0 nitrogen and oxygen atoms in total. The molecule has 0 N–H and O–H groups in total. The van der Waals surface area contributed by atoms with Crippen LogP contribution in [0.1, 0.15) is 24.2 Å². The van der Waals surface area contributed by atoms with Gasteiger partial charge in [0, 0.05) is 0 Å². The summed E-state index contributed by atoms with van der Waals surface area (Å²) < 4.78 is 38.4. The van der Waals surface area contributed by atoms with Crippen molar-refractivity contribution in [1.82, 2.24) is 0 Å². The van der Waals surface area contributed by atoms with Crippen LogP contribution in [0.5, 0.6) is 0 Å². The van der Waals surface area contributed by atoms with E-state index in [-0.39, 0.29) is 7.47 Å². The van der Waals surface area contributed by atoms with Crippen LogP contribution in [0.3, 0.4) is 0 Å². The molecule has 2 aromatic carbocycles. The Labute approximate surface area is 160 Å². The molecule has 0 aliphatic rings. The highest BCUT2D eigenvalue weighted by Crippen LogP contribution is 2.41. The van der Waals surface area contributed by atoms with Crippen molar-refractivity contribution >= 4 is 63.7 Å². The van der Waals surface area contributed by atoms with E-state index in [2.05, 4.69) is 63.7 Å². The van der Waals surface area contributed by atoms with Gasteiger partial charge in [-0.3, -0.25) is 0 Å². The van der Waals surface area contributed by atoms with Crippen LogP contribution in [0.4, 0.5) is 13.2 Å². The molecule has 0 unspecified atom stereocenters. The van der Waals surface area contributed by atoms with E-state index in [4.69, 9.17) is 0 Å². The van der Waals surface area contributed by atoms with E-state index >= 15 is 0 Å². The Hall–Kier alpha value is 0.150. The lowest BCUT2D eigenvalue weighted by molar-refractivity contribution is -0.137. The van der Waals surface area contributed by atoms with E-state index in [1.54, 1.807) is 6.07 Å². The van der Waals surface area contributed by atoms with Gasteiger partial charge >= 0.3 is 6.18 Å². The van der Waals surface area contributed by atoms with Crippen molar-refractivity contribution in [2.45, 2.75) is 13.6 Å². The third-order valence-corrected chi connectivity index (χ3v) is 5.05. The molecule has 2 aromatic rings. The van der Waals surface area contributed by atoms with Gasteiger partial charge in [-0.15, -0.1) is 0 Å². The number of rotatable bonds is 3. The van der Waals surface area contributed by atoms with Crippen molar-refractivity contribution in [3.05, 3.63) is 59.2 Å². The first-order valence-corrected chi connectivity index (χ1v) is 9.74. The molecule has 118 valence electrons. The van der Waals surface area contributed by atoms with Crippen molar-refractivity contribution < 1.29 is 13.2 Å². The molecule has 0 radical (unpaired) electrons. The van der Waals surface area contributed by atoms with Gasteiger partial charge in [0.05, 0.1) is 13.0 Å². The predicted octanol–water partition coefficient (Wildman–Crippen LogP) is 7.95. The lowest BCUT2D eigenvalue weighted by Crippen LogP contribution is -2.04. The molecule has 0 atom stereocenters. The van der Waals surface area contributed by atoms with Crippen molar-refractivity contribution in [3.63, 3.8) is 0 Å². The van der Waals surface area contributed by atoms with Gasteiger partial charge in [-0.25, -0.2) is 0 Å². The van der Waals surface area contributed by atoms with Crippen molar-refractivity contribution in [1.29, 1.82) is 0 Å². The fourth-order valence-corrected chi connectivity index (χ4v) is 3.64. The molecular formula is C15H9Br4F3. The van der Waals surface area contributed by atoms with Gasteiger partial charge in [0.25, 0.3) is 0 Å². The molecule has 22 heavy (non-hydrogen) atoms. The molecule has 0 bridgehead atoms. The number of hydrogen-bond donors (Lipinski definition) is 0. The maximum absolute atomic E-state index is 12.8. The maximum Gasteiger partial charge on any atom is 0.416 e. The van der Waals surface area contributed by atoms with E-state index in [9.17, 15) is 13.2 Å². The standard InChI is InChI=1S/C15H9Br4F3/c16-13(17)11-5-4-9(7-12(11)14(18)19)8-2-1-3-10(6-8)15(20,21)22/h1-7,13-14H. The molecule has 0 fully saturated rings. The summed E-state index contributed by atoms with van der Waals surface area (Å²) in [6.45, 7) is 0. The molecule has 0 saturated heterocycles. The zero-order chi connectivity index (χ0) is 16.5. The van der Waals surface area contributed by atoms with E-state index < -0.39 is 11.7 Å². The fourth-order valence-electron chi connectivity index (χ4n) is 2.02. The van der Waals surface area contributed by atoms with Gasteiger partial charge in [0.2, 0.25) is 0 Å². The van der Waals surface area contributed by atoms with Crippen LogP contribution in [0.2, 0.25) is 0 Å². The maximum atomic E-state index is 12.8. The minimum atomic E-state index is -4.34. The monoisotopic (exact) mass is 562 g/mol. The summed E-state index contributed by atoms with van der Waals surface area (Å²) in [7, 11) is 0. The van der Waals surface area contributed by atoms with Crippen molar-refractivity contribution in [3.8, 4) is 11.1 Å². The third kappa shape index (κ3) is 4.36. The largest absolute Gasteiger partial charge is 0.416 e. The highest BCUT2D eigenvalue weighted by molar-refractivity contribution is 9.24. The van der Waals surface area contributed by atoms with Crippen molar-refractivity contribution in [2.24, 2.45) is 0 Å². The Morgan fingerprint density at radius 2 is 1.32 bits per heavy atom. The zero-order valence-electron chi connectivity index (χ0n) is 10.8. The summed E-state index contributed by atoms with van der Waals surface area (Å²) in [5.74, 6) is 0. The van der Waals surface area contributed by atoms with Crippen LogP contribution < -0.4 is 0 Å². The van der Waals surface area contributed by atoms with E-state index in [0.717, 1.165) is 28.8 Å². The van der Waals surface area contributed by atoms with Crippen LogP contribution in [-0.4, -0.2) is 0 Å². The van der Waals surface area contributed by atoms with E-state index in [1.165, 1.54) is 6.07 Å². The van der Waals surface area contributed by atoms with E-state index in [1.807, 2.05) is 18.2 Å². The van der Waals surface area contributed by atoms with E-state index in [0.29, 0.717) is 5.56 Å². The Kier molecular flexibility index (Phi) is 6.19. The molecule has 0 aliphatic heterocycles. The van der Waals surface area contributed by atoms with Crippen LogP contribution in [0, 0.1) is 0 Å². The minimum absolute atomic E-state index is 0.0387. The smallest absolute Gasteiger partial charge is 0.166 e. The lowest BCUT2D eigenvalue weighted by atomic mass is 9.99. The Bertz CT molecular complexity index is 666. The average molecular weight is 566 g/mol. The first kappa shape index (κ1) is 18.5. The topological polar surface area (TPSA) is 0 Å². The molecule has 0 amide bonds. The fraction of sp³-hybridized carbons (Fsp3) is 0.200. The SMILES string of the molecule is FC(F)(F)c1cccc(-c2ccc(C(Br)Br)c(C(Br)Br)c2)c1. The van der Waals surface area contributed by atoms with Crippen LogP contribution >= 0.6 is 63.7 Å². The Morgan fingerprint density at radius 3 is 1.86 bits per heavy atom. The number of hydrogen-bond acceptors (Lipinski definition) is 0. The average Bonchev–Trinajstić information content (AvgIpc) is 2.45. The first-order valence-electron chi connectivity index (χ1n) is 6.08. The lowest BCUT2D eigenvalue weighted by Gasteiger charge is -2.15. The summed E-state index contributed by atoms with van der Waals surface area (Å²) >= 11 is 13.8. The van der Waals surface area contributed by atoms with Crippen LogP contribution in [-0.2, 0) is 6.18 Å². The number of alkyl halides is 7. The summed E-state index contributed by atoms with van der Waals surface area (Å²) in [5, 5.41) is 0. The molecular weight excluding hydrogens is 557 g/mol. The molecule has 7 heteroatoms. The highest BCUT2D eigenvalue weighted by atomic mass is 79.9. The summed E-state index contributed by atoms with van der Waals surface area (Å²) in [6.07, 6.45) is -4.34. The zero-order valence-corrected chi connectivity index (χ0v) is 17.2. The normalized spacial score (nSPS) is 12.2. The Morgan fingerprint density at radius 1 is 0.727 bits per heavy atom. The molecule has 0 aromatic heterocycles. The van der Waals surface area contributed by atoms with Gasteiger partial charge < -0.3 is 0 Å². The second-order valence-corrected chi connectivity index (χ2v) is 10.6.